The van der Waals surface area contributed by atoms with Gasteiger partial charge in [-0.25, -0.2) is 4.98 Å². The molecule has 0 N–H and O–H groups in total. The molecule has 9 heteroatoms. The van der Waals surface area contributed by atoms with Gasteiger partial charge >= 0.3 is 0 Å². The molecule has 1 saturated heterocycles. The van der Waals surface area contributed by atoms with Gasteiger partial charge in [-0.05, 0) is 39.7 Å². The van der Waals surface area contributed by atoms with Crippen molar-refractivity contribution in [2.75, 3.05) is 31.1 Å². The van der Waals surface area contributed by atoms with Crippen molar-refractivity contribution in [1.29, 1.82) is 0 Å². The number of thiophene rings is 1. The first-order chi connectivity index (χ1) is 13.1. The zero-order chi connectivity index (χ0) is 19.0. The predicted octanol–water partition coefficient (Wildman–Crippen LogP) is 3.92. The van der Waals surface area contributed by atoms with Gasteiger partial charge in [0.15, 0.2) is 11.0 Å². The van der Waals surface area contributed by atoms with Gasteiger partial charge in [-0.15, -0.1) is 11.3 Å². The predicted molar refractivity (Wildman–Crippen MR) is 108 cm³/mol. The highest BCUT2D eigenvalue weighted by atomic mass is 32.1. The summed E-state index contributed by atoms with van der Waals surface area (Å²) in [5.74, 6) is 1.72. The molecule has 0 bridgehead atoms. The third-order valence-corrected chi connectivity index (χ3v) is 7.21. The summed E-state index contributed by atoms with van der Waals surface area (Å²) in [6.07, 6.45) is 1.72. The van der Waals surface area contributed by atoms with Crippen LogP contribution < -0.4 is 4.90 Å². The van der Waals surface area contributed by atoms with E-state index in [0.29, 0.717) is 24.8 Å². The minimum atomic E-state index is 0.106. The van der Waals surface area contributed by atoms with E-state index in [0.717, 1.165) is 45.5 Å². The largest absolute Gasteiger partial charge is 0.349 e. The maximum Gasteiger partial charge on any atom is 0.264 e. The molecule has 0 unspecified atom stereocenters. The Hall–Kier alpha value is -2.00. The number of rotatable bonds is 5. The highest BCUT2D eigenvalue weighted by Crippen LogP contribution is 2.36. The first-order valence-corrected chi connectivity index (χ1v) is 11.0. The van der Waals surface area contributed by atoms with Crippen LogP contribution in [0.1, 0.15) is 54.0 Å². The van der Waals surface area contributed by atoms with Crippen LogP contribution in [0.4, 0.5) is 5.13 Å². The van der Waals surface area contributed by atoms with E-state index in [1.165, 1.54) is 11.3 Å². The van der Waals surface area contributed by atoms with Gasteiger partial charge in [0, 0.05) is 32.1 Å². The maximum absolute atomic E-state index is 12.9. The van der Waals surface area contributed by atoms with Crippen molar-refractivity contribution in [3.8, 4) is 0 Å². The normalized spacial score (nSPS) is 15.6. The molecule has 3 aromatic rings. The molecule has 0 aliphatic carbocycles. The van der Waals surface area contributed by atoms with E-state index < -0.39 is 0 Å². The minimum Gasteiger partial charge on any atom is -0.349 e. The molecule has 0 atom stereocenters. The van der Waals surface area contributed by atoms with Gasteiger partial charge in [0.25, 0.3) is 5.91 Å². The number of thiazole rings is 1. The molecule has 4 heterocycles. The lowest BCUT2D eigenvalue weighted by Gasteiger charge is -2.30. The van der Waals surface area contributed by atoms with Crippen LogP contribution in [-0.2, 0) is 0 Å². The SMILES string of the molecule is CCN(CC)c1nc2sc(C(=O)N3CCC(c4nc(C)no4)CC3)cc2s1. The summed E-state index contributed by atoms with van der Waals surface area (Å²) in [7, 11) is 0. The number of likely N-dealkylation sites (tertiary alicyclic amines) is 1. The molecule has 0 saturated carbocycles. The molecule has 1 aliphatic rings. The molecule has 1 amide bonds. The van der Waals surface area contributed by atoms with Crippen LogP contribution in [0.25, 0.3) is 9.53 Å². The van der Waals surface area contributed by atoms with Gasteiger partial charge < -0.3 is 14.3 Å². The van der Waals surface area contributed by atoms with Gasteiger partial charge in [-0.3, -0.25) is 4.79 Å². The fourth-order valence-corrected chi connectivity index (χ4v) is 5.73. The van der Waals surface area contributed by atoms with Crippen LogP contribution in [0.5, 0.6) is 0 Å². The number of aromatic nitrogens is 3. The van der Waals surface area contributed by atoms with E-state index >= 15 is 0 Å². The zero-order valence-electron chi connectivity index (χ0n) is 15.8. The summed E-state index contributed by atoms with van der Waals surface area (Å²) < 4.78 is 6.39. The molecule has 27 heavy (non-hydrogen) atoms. The summed E-state index contributed by atoms with van der Waals surface area (Å²) in [5.41, 5.74) is 0. The van der Waals surface area contributed by atoms with Crippen molar-refractivity contribution in [3.05, 3.63) is 22.7 Å². The van der Waals surface area contributed by atoms with Gasteiger partial charge in [-0.1, -0.05) is 16.5 Å². The summed E-state index contributed by atoms with van der Waals surface area (Å²) in [5, 5.41) is 4.91. The van der Waals surface area contributed by atoms with Crippen LogP contribution in [0.3, 0.4) is 0 Å². The lowest BCUT2D eigenvalue weighted by atomic mass is 9.96. The number of carbonyl (C=O) groups excluding carboxylic acids is 1. The standard InChI is InChI=1S/C18H23N5O2S2/c1-4-22(5-2)18-20-16-13(27-18)10-14(26-16)17(24)23-8-6-12(7-9-23)15-19-11(3)21-25-15/h10,12H,4-9H2,1-3H3. The summed E-state index contributed by atoms with van der Waals surface area (Å²) >= 11 is 3.17. The van der Waals surface area contributed by atoms with Crippen molar-refractivity contribution in [1.82, 2.24) is 20.0 Å². The Labute approximate surface area is 166 Å². The first kappa shape index (κ1) is 18.4. The monoisotopic (exact) mass is 405 g/mol. The molecular weight excluding hydrogens is 382 g/mol. The maximum atomic E-state index is 12.9. The van der Waals surface area contributed by atoms with E-state index in [-0.39, 0.29) is 11.8 Å². The summed E-state index contributed by atoms with van der Waals surface area (Å²) in [6, 6.07) is 2.00. The Morgan fingerprint density at radius 2 is 2.00 bits per heavy atom. The van der Waals surface area contributed by atoms with Gasteiger partial charge in [0.1, 0.15) is 4.83 Å². The number of amides is 1. The Morgan fingerprint density at radius 3 is 2.59 bits per heavy atom. The number of anilines is 1. The molecule has 3 aromatic heterocycles. The molecule has 1 fully saturated rings. The Morgan fingerprint density at radius 1 is 1.26 bits per heavy atom. The van der Waals surface area contributed by atoms with Gasteiger partial charge in [-0.2, -0.15) is 4.98 Å². The minimum absolute atomic E-state index is 0.106. The molecule has 0 spiro atoms. The molecule has 4 rings (SSSR count). The second-order valence-electron chi connectivity index (χ2n) is 6.70. The first-order valence-electron chi connectivity index (χ1n) is 9.33. The Kier molecular flexibility index (Phi) is 5.14. The Balaban J connectivity index is 1.43. The van der Waals surface area contributed by atoms with Gasteiger partial charge in [0.2, 0.25) is 5.89 Å². The van der Waals surface area contributed by atoms with Crippen molar-refractivity contribution in [2.24, 2.45) is 0 Å². The van der Waals surface area contributed by atoms with Crippen LogP contribution in [0, 0.1) is 6.92 Å². The second-order valence-corrected chi connectivity index (χ2v) is 8.73. The van der Waals surface area contributed by atoms with Crippen LogP contribution >= 0.6 is 22.7 Å². The lowest BCUT2D eigenvalue weighted by Crippen LogP contribution is -2.37. The number of nitrogens with zero attached hydrogens (tertiary/aromatic N) is 5. The second kappa shape index (κ2) is 7.55. The van der Waals surface area contributed by atoms with E-state index in [4.69, 9.17) is 9.51 Å². The van der Waals surface area contributed by atoms with Crippen molar-refractivity contribution in [3.63, 3.8) is 0 Å². The molecule has 0 radical (unpaired) electrons. The van der Waals surface area contributed by atoms with E-state index in [2.05, 4.69) is 28.9 Å². The number of fused-ring (bicyclic) bond motifs is 1. The van der Waals surface area contributed by atoms with E-state index in [9.17, 15) is 4.79 Å². The fraction of sp³-hybridized carbons (Fsp3) is 0.556. The molecular formula is C18H23N5O2S2. The van der Waals surface area contributed by atoms with E-state index in [1.54, 1.807) is 11.3 Å². The molecule has 0 aromatic carbocycles. The molecule has 7 nitrogen and oxygen atoms in total. The highest BCUT2D eigenvalue weighted by Gasteiger charge is 2.28. The zero-order valence-corrected chi connectivity index (χ0v) is 17.4. The average molecular weight is 406 g/mol. The third kappa shape index (κ3) is 3.58. The van der Waals surface area contributed by atoms with Crippen LogP contribution in [0.15, 0.2) is 10.6 Å². The number of carbonyl (C=O) groups is 1. The average Bonchev–Trinajstić information content (AvgIpc) is 3.37. The smallest absolute Gasteiger partial charge is 0.264 e. The fourth-order valence-electron chi connectivity index (χ4n) is 3.42. The van der Waals surface area contributed by atoms with Crippen molar-refractivity contribution >= 4 is 43.2 Å². The molecule has 1 aliphatic heterocycles. The molecule has 144 valence electrons. The number of hydrogen-bond donors (Lipinski definition) is 0. The quantitative estimate of drug-likeness (QED) is 0.640. The van der Waals surface area contributed by atoms with E-state index in [1.807, 2.05) is 17.9 Å². The van der Waals surface area contributed by atoms with Crippen LogP contribution in [0.2, 0.25) is 0 Å². The summed E-state index contributed by atoms with van der Waals surface area (Å²) in [4.78, 5) is 27.9. The van der Waals surface area contributed by atoms with Gasteiger partial charge in [0.05, 0.1) is 9.58 Å². The topological polar surface area (TPSA) is 75.4 Å². The third-order valence-electron chi connectivity index (χ3n) is 5.00. The van der Waals surface area contributed by atoms with Crippen molar-refractivity contribution in [2.45, 2.75) is 39.5 Å². The highest BCUT2D eigenvalue weighted by molar-refractivity contribution is 7.29. The number of piperidine rings is 1. The lowest BCUT2D eigenvalue weighted by molar-refractivity contribution is 0.0709. The van der Waals surface area contributed by atoms with Crippen LogP contribution in [-0.4, -0.2) is 52.1 Å². The Bertz CT molecular complexity index is 903. The number of hydrogen-bond acceptors (Lipinski definition) is 8. The summed E-state index contributed by atoms with van der Waals surface area (Å²) in [6.45, 7) is 9.41. The number of aryl methyl sites for hydroxylation is 1. The van der Waals surface area contributed by atoms with Crippen molar-refractivity contribution < 1.29 is 9.32 Å².